The first-order valence-corrected chi connectivity index (χ1v) is 7.63. The van der Waals surface area contributed by atoms with Crippen molar-refractivity contribution >= 4 is 11.8 Å². The van der Waals surface area contributed by atoms with Crippen LogP contribution in [0, 0.1) is 11.2 Å². The van der Waals surface area contributed by atoms with E-state index in [9.17, 15) is 14.0 Å². The van der Waals surface area contributed by atoms with E-state index in [4.69, 9.17) is 0 Å². The summed E-state index contributed by atoms with van der Waals surface area (Å²) in [6.07, 6.45) is 1.72. The fraction of sp³-hybridized carbons (Fsp3) is 0.529. The summed E-state index contributed by atoms with van der Waals surface area (Å²) in [5.41, 5.74) is 0.0349. The molecule has 1 atom stereocenters. The second-order valence-electron chi connectivity index (χ2n) is 6.82. The van der Waals surface area contributed by atoms with Crippen LogP contribution in [0.4, 0.5) is 4.39 Å². The minimum absolute atomic E-state index is 0.00594. The van der Waals surface area contributed by atoms with E-state index in [1.54, 1.807) is 4.90 Å². The maximum absolute atomic E-state index is 12.9. The van der Waals surface area contributed by atoms with Crippen LogP contribution in [-0.4, -0.2) is 35.8 Å². The van der Waals surface area contributed by atoms with Crippen LogP contribution in [0.2, 0.25) is 0 Å². The topological polar surface area (TPSA) is 49.4 Å². The molecule has 0 bridgehead atoms. The van der Waals surface area contributed by atoms with Crippen molar-refractivity contribution in [1.82, 2.24) is 10.2 Å². The summed E-state index contributed by atoms with van der Waals surface area (Å²) in [5, 5.41) is 3.01. The van der Waals surface area contributed by atoms with Gasteiger partial charge in [0.15, 0.2) is 0 Å². The van der Waals surface area contributed by atoms with Gasteiger partial charge in [-0.25, -0.2) is 4.39 Å². The predicted molar refractivity (Wildman–Crippen MR) is 82.9 cm³/mol. The molecule has 22 heavy (non-hydrogen) atoms. The Morgan fingerprint density at radius 2 is 1.86 bits per heavy atom. The minimum Gasteiger partial charge on any atom is -0.351 e. The van der Waals surface area contributed by atoms with E-state index in [2.05, 4.69) is 5.32 Å². The number of halogens is 1. The van der Waals surface area contributed by atoms with E-state index in [1.807, 2.05) is 20.8 Å². The van der Waals surface area contributed by atoms with Gasteiger partial charge in [-0.2, -0.15) is 0 Å². The summed E-state index contributed by atoms with van der Waals surface area (Å²) in [6, 6.07) is 5.54. The summed E-state index contributed by atoms with van der Waals surface area (Å²) >= 11 is 0. The van der Waals surface area contributed by atoms with Gasteiger partial charge in [0, 0.05) is 30.1 Å². The number of carbonyl (C=O) groups excluding carboxylic acids is 2. The zero-order chi connectivity index (χ0) is 16.3. The van der Waals surface area contributed by atoms with Gasteiger partial charge in [0.25, 0.3) is 5.91 Å². The van der Waals surface area contributed by atoms with Gasteiger partial charge in [0.1, 0.15) is 5.82 Å². The lowest BCUT2D eigenvalue weighted by Gasteiger charge is -2.34. The second-order valence-corrected chi connectivity index (χ2v) is 6.82. The highest BCUT2D eigenvalue weighted by Crippen LogP contribution is 2.17. The molecule has 1 fully saturated rings. The number of hydrogen-bond acceptors (Lipinski definition) is 2. The van der Waals surface area contributed by atoms with Crippen molar-refractivity contribution < 1.29 is 14.0 Å². The molecule has 0 saturated carbocycles. The van der Waals surface area contributed by atoms with Gasteiger partial charge < -0.3 is 10.2 Å². The molecule has 0 aliphatic carbocycles. The molecule has 2 rings (SSSR count). The Bertz CT molecular complexity index is 549. The number of piperidine rings is 1. The quantitative estimate of drug-likeness (QED) is 0.913. The van der Waals surface area contributed by atoms with E-state index >= 15 is 0 Å². The Balaban J connectivity index is 1.99. The lowest BCUT2D eigenvalue weighted by Crippen LogP contribution is -2.51. The van der Waals surface area contributed by atoms with Gasteiger partial charge in [0.2, 0.25) is 5.91 Å². The molecular weight excluding hydrogens is 283 g/mol. The molecule has 1 aromatic carbocycles. The van der Waals surface area contributed by atoms with Crippen LogP contribution < -0.4 is 5.32 Å². The highest BCUT2D eigenvalue weighted by atomic mass is 19.1. The lowest BCUT2D eigenvalue weighted by molar-refractivity contribution is -0.129. The van der Waals surface area contributed by atoms with Gasteiger partial charge in [-0.3, -0.25) is 9.59 Å². The first-order chi connectivity index (χ1) is 10.3. The summed E-state index contributed by atoms with van der Waals surface area (Å²) in [5.74, 6) is -0.478. The standard InChI is InChI=1S/C17H23FN2O2/c1-17(2,3)16(22)19-14-5-4-10-20(11-14)15(21)12-6-8-13(18)9-7-12/h6-9,14H,4-5,10-11H2,1-3H3,(H,19,22). The molecule has 0 aromatic heterocycles. The molecule has 4 nitrogen and oxygen atoms in total. The number of nitrogens with one attached hydrogen (secondary N) is 1. The van der Waals surface area contributed by atoms with Crippen LogP contribution in [-0.2, 0) is 4.79 Å². The van der Waals surface area contributed by atoms with Gasteiger partial charge in [-0.05, 0) is 37.1 Å². The van der Waals surface area contributed by atoms with E-state index < -0.39 is 5.41 Å². The predicted octanol–water partition coefficient (Wildman–Crippen LogP) is 2.59. The second kappa shape index (κ2) is 6.46. The molecular formula is C17H23FN2O2. The number of likely N-dealkylation sites (tertiary alicyclic amines) is 1. The van der Waals surface area contributed by atoms with Crippen molar-refractivity contribution in [3.8, 4) is 0 Å². The number of benzene rings is 1. The van der Waals surface area contributed by atoms with E-state index in [-0.39, 0.29) is 23.7 Å². The van der Waals surface area contributed by atoms with Crippen LogP contribution >= 0.6 is 0 Å². The summed E-state index contributed by atoms with van der Waals surface area (Å²) < 4.78 is 12.9. The number of hydrogen-bond donors (Lipinski definition) is 1. The molecule has 1 aliphatic rings. The minimum atomic E-state index is -0.441. The third-order valence-electron chi connectivity index (χ3n) is 3.82. The fourth-order valence-corrected chi connectivity index (χ4v) is 2.46. The van der Waals surface area contributed by atoms with Gasteiger partial charge in [-0.1, -0.05) is 20.8 Å². The number of carbonyl (C=O) groups is 2. The Labute approximate surface area is 130 Å². The highest BCUT2D eigenvalue weighted by Gasteiger charge is 2.28. The van der Waals surface area contributed by atoms with E-state index in [1.165, 1.54) is 24.3 Å². The van der Waals surface area contributed by atoms with Crippen molar-refractivity contribution in [3.05, 3.63) is 35.6 Å². The van der Waals surface area contributed by atoms with Crippen molar-refractivity contribution in [2.24, 2.45) is 5.41 Å². The molecule has 5 heteroatoms. The van der Waals surface area contributed by atoms with Crippen LogP contribution in [0.5, 0.6) is 0 Å². The fourth-order valence-electron chi connectivity index (χ4n) is 2.46. The molecule has 1 saturated heterocycles. The SMILES string of the molecule is CC(C)(C)C(=O)NC1CCCN(C(=O)c2ccc(F)cc2)C1. The normalized spacial score (nSPS) is 18.9. The molecule has 1 heterocycles. The van der Waals surface area contributed by atoms with Gasteiger partial charge in [-0.15, -0.1) is 0 Å². The van der Waals surface area contributed by atoms with Crippen LogP contribution in [0.3, 0.4) is 0 Å². The molecule has 0 radical (unpaired) electrons. The molecule has 2 amide bonds. The zero-order valence-electron chi connectivity index (χ0n) is 13.4. The largest absolute Gasteiger partial charge is 0.351 e. The zero-order valence-corrected chi connectivity index (χ0v) is 13.4. The summed E-state index contributed by atoms with van der Waals surface area (Å²) in [4.78, 5) is 26.2. The first-order valence-electron chi connectivity index (χ1n) is 7.63. The van der Waals surface area contributed by atoms with E-state index in [0.717, 1.165) is 12.8 Å². The van der Waals surface area contributed by atoms with Gasteiger partial charge in [0.05, 0.1) is 0 Å². The number of amides is 2. The summed E-state index contributed by atoms with van der Waals surface area (Å²) in [6.45, 7) is 6.77. The third-order valence-corrected chi connectivity index (χ3v) is 3.82. The average Bonchev–Trinajstić information content (AvgIpc) is 2.46. The van der Waals surface area contributed by atoms with E-state index in [0.29, 0.717) is 18.7 Å². The Hall–Kier alpha value is -1.91. The monoisotopic (exact) mass is 306 g/mol. The lowest BCUT2D eigenvalue weighted by atomic mass is 9.94. The van der Waals surface area contributed by atoms with Crippen LogP contribution in [0.25, 0.3) is 0 Å². The highest BCUT2D eigenvalue weighted by molar-refractivity contribution is 5.94. The Kier molecular flexibility index (Phi) is 4.84. The molecule has 120 valence electrons. The molecule has 0 spiro atoms. The van der Waals surface area contributed by atoms with Crippen molar-refractivity contribution in [2.75, 3.05) is 13.1 Å². The first kappa shape index (κ1) is 16.5. The summed E-state index contributed by atoms with van der Waals surface area (Å²) in [7, 11) is 0. The maximum Gasteiger partial charge on any atom is 0.253 e. The Morgan fingerprint density at radius 3 is 2.45 bits per heavy atom. The molecule has 1 aliphatic heterocycles. The smallest absolute Gasteiger partial charge is 0.253 e. The van der Waals surface area contributed by atoms with Crippen molar-refractivity contribution in [3.63, 3.8) is 0 Å². The number of rotatable bonds is 2. The van der Waals surface area contributed by atoms with Crippen molar-refractivity contribution in [1.29, 1.82) is 0 Å². The molecule has 1 aromatic rings. The third kappa shape index (κ3) is 4.06. The number of nitrogens with zero attached hydrogens (tertiary/aromatic N) is 1. The molecule has 1 N–H and O–H groups in total. The van der Waals surface area contributed by atoms with Gasteiger partial charge >= 0.3 is 0 Å². The van der Waals surface area contributed by atoms with Crippen LogP contribution in [0.15, 0.2) is 24.3 Å². The van der Waals surface area contributed by atoms with Crippen molar-refractivity contribution in [2.45, 2.75) is 39.7 Å². The maximum atomic E-state index is 12.9. The molecule has 1 unspecified atom stereocenters. The Morgan fingerprint density at radius 1 is 1.23 bits per heavy atom. The average molecular weight is 306 g/mol. The van der Waals surface area contributed by atoms with Crippen LogP contribution in [0.1, 0.15) is 44.0 Å².